The van der Waals surface area contributed by atoms with Gasteiger partial charge in [0.15, 0.2) is 0 Å². The van der Waals surface area contributed by atoms with E-state index >= 15 is 0 Å². The maximum atomic E-state index is 11.9. The molecule has 11 heavy (non-hydrogen) atoms. The molecule has 0 aliphatic heterocycles. The summed E-state index contributed by atoms with van der Waals surface area (Å²) in [6.07, 6.45) is -2.80. The highest BCUT2D eigenvalue weighted by molar-refractivity contribution is 7.11. The summed E-state index contributed by atoms with van der Waals surface area (Å²) in [5, 5.41) is 0.525. The maximum Gasteiger partial charge on any atom is 0.427 e. The van der Waals surface area contributed by atoms with Gasteiger partial charge in [-0.1, -0.05) is 6.92 Å². The lowest BCUT2D eigenvalue weighted by atomic mass is 10.5. The molecule has 0 bridgehead atoms. The van der Waals surface area contributed by atoms with Crippen LogP contribution in [-0.2, 0) is 12.6 Å². The van der Waals surface area contributed by atoms with E-state index < -0.39 is 11.1 Å². The molecule has 1 heterocycles. The van der Waals surface area contributed by atoms with Crippen LogP contribution in [0.15, 0.2) is 6.20 Å². The third-order valence-corrected chi connectivity index (χ3v) is 2.32. The molecular weight excluding hydrogens is 175 g/mol. The summed E-state index contributed by atoms with van der Waals surface area (Å²) in [6.45, 7) is 1.78. The van der Waals surface area contributed by atoms with Gasteiger partial charge in [-0.3, -0.25) is 0 Å². The molecule has 62 valence electrons. The van der Waals surface area contributed by atoms with Crippen molar-refractivity contribution in [1.82, 2.24) is 4.98 Å². The predicted octanol–water partition coefficient (Wildman–Crippen LogP) is 2.72. The molecule has 0 radical (unpaired) electrons. The summed E-state index contributed by atoms with van der Waals surface area (Å²) in [5.41, 5.74) is 0. The highest BCUT2D eigenvalue weighted by Gasteiger charge is 2.32. The van der Waals surface area contributed by atoms with E-state index in [-0.39, 0.29) is 0 Å². The van der Waals surface area contributed by atoms with Gasteiger partial charge in [0.05, 0.1) is 11.2 Å². The zero-order valence-electron chi connectivity index (χ0n) is 5.77. The minimum atomic E-state index is -4.23. The van der Waals surface area contributed by atoms with Crippen LogP contribution in [0, 0.1) is 0 Å². The van der Waals surface area contributed by atoms with Crippen LogP contribution >= 0.6 is 11.3 Å². The van der Waals surface area contributed by atoms with Crippen LogP contribution < -0.4 is 0 Å². The zero-order valence-corrected chi connectivity index (χ0v) is 6.59. The number of thiazole rings is 1. The van der Waals surface area contributed by atoms with Gasteiger partial charge in [0.1, 0.15) is 4.88 Å². The molecule has 0 atom stereocenters. The smallest absolute Gasteiger partial charge is 0.249 e. The fourth-order valence-electron chi connectivity index (χ4n) is 0.605. The van der Waals surface area contributed by atoms with Gasteiger partial charge in [-0.05, 0) is 6.42 Å². The van der Waals surface area contributed by atoms with E-state index in [4.69, 9.17) is 0 Å². The number of aromatic nitrogens is 1. The summed E-state index contributed by atoms with van der Waals surface area (Å²) in [6, 6.07) is 0. The molecule has 0 amide bonds. The van der Waals surface area contributed by atoms with Crippen molar-refractivity contribution in [2.45, 2.75) is 19.5 Å². The molecule has 0 N–H and O–H groups in total. The van der Waals surface area contributed by atoms with Gasteiger partial charge >= 0.3 is 6.18 Å². The standard InChI is InChI=1S/C6H6F3NS/c1-2-5-10-3-4(11-5)6(7,8)9/h3H,2H2,1H3. The van der Waals surface area contributed by atoms with Crippen molar-refractivity contribution in [3.63, 3.8) is 0 Å². The normalized spacial score (nSPS) is 12.0. The van der Waals surface area contributed by atoms with Crippen LogP contribution in [0.2, 0.25) is 0 Å². The third-order valence-electron chi connectivity index (χ3n) is 1.14. The minimum absolute atomic E-state index is 0.525. The van der Waals surface area contributed by atoms with Crippen molar-refractivity contribution in [1.29, 1.82) is 0 Å². The molecule has 1 aromatic rings. The third kappa shape index (κ3) is 1.92. The number of aryl methyl sites for hydroxylation is 1. The lowest BCUT2D eigenvalue weighted by Gasteiger charge is -1.98. The largest absolute Gasteiger partial charge is 0.427 e. The molecule has 0 aromatic carbocycles. The van der Waals surface area contributed by atoms with Gasteiger partial charge in [0.2, 0.25) is 0 Å². The first-order chi connectivity index (χ1) is 5.04. The fourth-order valence-corrected chi connectivity index (χ4v) is 1.33. The highest BCUT2D eigenvalue weighted by atomic mass is 32.1. The Labute approximate surface area is 65.9 Å². The van der Waals surface area contributed by atoms with E-state index in [2.05, 4.69) is 4.98 Å². The average molecular weight is 181 g/mol. The second-order valence-corrected chi connectivity index (χ2v) is 3.08. The predicted molar refractivity (Wildman–Crippen MR) is 36.5 cm³/mol. The van der Waals surface area contributed by atoms with Gasteiger partial charge < -0.3 is 0 Å². The Hall–Kier alpha value is -0.580. The molecular formula is C6H6F3NS. The summed E-state index contributed by atoms with van der Waals surface area (Å²) >= 11 is 0.704. The van der Waals surface area contributed by atoms with Gasteiger partial charge in [-0.25, -0.2) is 4.98 Å². The number of halogens is 3. The first-order valence-corrected chi connectivity index (χ1v) is 3.87. The van der Waals surface area contributed by atoms with Crippen molar-refractivity contribution in [2.75, 3.05) is 0 Å². The molecule has 0 aliphatic rings. The lowest BCUT2D eigenvalue weighted by molar-refractivity contribution is -0.134. The SMILES string of the molecule is CCc1ncc(C(F)(F)F)s1. The molecule has 0 aliphatic carbocycles. The molecule has 0 saturated carbocycles. The highest BCUT2D eigenvalue weighted by Crippen LogP contribution is 2.33. The average Bonchev–Trinajstić information content (AvgIpc) is 2.32. The lowest BCUT2D eigenvalue weighted by Crippen LogP contribution is -2.00. The molecule has 1 nitrogen and oxygen atoms in total. The van der Waals surface area contributed by atoms with Crippen molar-refractivity contribution in [3.05, 3.63) is 16.1 Å². The molecule has 1 aromatic heterocycles. The van der Waals surface area contributed by atoms with Gasteiger partial charge in [0.25, 0.3) is 0 Å². The van der Waals surface area contributed by atoms with Crippen LogP contribution in [-0.4, -0.2) is 4.98 Å². The first-order valence-electron chi connectivity index (χ1n) is 3.06. The van der Waals surface area contributed by atoms with E-state index in [1.165, 1.54) is 0 Å². The number of rotatable bonds is 1. The number of nitrogens with zero attached hydrogens (tertiary/aromatic N) is 1. The van der Waals surface area contributed by atoms with Crippen LogP contribution in [0.4, 0.5) is 13.2 Å². The Morgan fingerprint density at radius 1 is 1.55 bits per heavy atom. The van der Waals surface area contributed by atoms with Crippen LogP contribution in [0.25, 0.3) is 0 Å². The number of hydrogen-bond donors (Lipinski definition) is 0. The van der Waals surface area contributed by atoms with Crippen molar-refractivity contribution in [3.8, 4) is 0 Å². The van der Waals surface area contributed by atoms with E-state index in [9.17, 15) is 13.2 Å². The number of hydrogen-bond acceptors (Lipinski definition) is 2. The quantitative estimate of drug-likeness (QED) is 0.649. The molecule has 0 spiro atoms. The molecule has 0 unspecified atom stereocenters. The monoisotopic (exact) mass is 181 g/mol. The summed E-state index contributed by atoms with van der Waals surface area (Å²) in [4.78, 5) is 2.98. The molecule has 5 heteroatoms. The van der Waals surface area contributed by atoms with Crippen molar-refractivity contribution >= 4 is 11.3 Å². The summed E-state index contributed by atoms with van der Waals surface area (Å²) in [7, 11) is 0. The number of alkyl halides is 3. The van der Waals surface area contributed by atoms with E-state index in [0.29, 0.717) is 22.8 Å². The van der Waals surface area contributed by atoms with E-state index in [1.54, 1.807) is 6.92 Å². The van der Waals surface area contributed by atoms with Crippen molar-refractivity contribution in [2.24, 2.45) is 0 Å². The molecule has 1 rings (SSSR count). The van der Waals surface area contributed by atoms with Gasteiger partial charge in [-0.15, -0.1) is 11.3 Å². The summed E-state index contributed by atoms with van der Waals surface area (Å²) < 4.78 is 35.7. The second-order valence-electron chi connectivity index (χ2n) is 1.97. The Kier molecular flexibility index (Phi) is 2.17. The Bertz CT molecular complexity index is 240. The van der Waals surface area contributed by atoms with Crippen LogP contribution in [0.3, 0.4) is 0 Å². The van der Waals surface area contributed by atoms with Crippen molar-refractivity contribution < 1.29 is 13.2 Å². The first kappa shape index (κ1) is 8.52. The second kappa shape index (κ2) is 2.81. The Morgan fingerprint density at radius 2 is 2.18 bits per heavy atom. The maximum absolute atomic E-state index is 11.9. The van der Waals surface area contributed by atoms with E-state index in [0.717, 1.165) is 6.20 Å². The van der Waals surface area contributed by atoms with Crippen LogP contribution in [0.1, 0.15) is 16.8 Å². The molecule has 0 saturated heterocycles. The Morgan fingerprint density at radius 3 is 2.45 bits per heavy atom. The summed E-state index contributed by atoms with van der Waals surface area (Å²) in [5.74, 6) is 0. The zero-order chi connectivity index (χ0) is 8.48. The van der Waals surface area contributed by atoms with Crippen LogP contribution in [0.5, 0.6) is 0 Å². The van der Waals surface area contributed by atoms with Gasteiger partial charge in [0, 0.05) is 0 Å². The van der Waals surface area contributed by atoms with Gasteiger partial charge in [-0.2, -0.15) is 13.2 Å². The Balaban J connectivity index is 2.89. The minimum Gasteiger partial charge on any atom is -0.249 e. The van der Waals surface area contributed by atoms with E-state index in [1.807, 2.05) is 0 Å². The molecule has 0 fully saturated rings. The topological polar surface area (TPSA) is 12.9 Å². The fraction of sp³-hybridized carbons (Fsp3) is 0.500.